The molecule has 1 aliphatic heterocycles. The Hall–Kier alpha value is -2.07. The van der Waals surface area contributed by atoms with Gasteiger partial charge in [-0.25, -0.2) is 0 Å². The largest absolute Gasteiger partial charge is 0.338 e. The Labute approximate surface area is 175 Å². The van der Waals surface area contributed by atoms with Gasteiger partial charge in [-0.1, -0.05) is 25.3 Å². The summed E-state index contributed by atoms with van der Waals surface area (Å²) < 4.78 is 1.66. The van der Waals surface area contributed by atoms with Gasteiger partial charge in [0, 0.05) is 50.7 Å². The van der Waals surface area contributed by atoms with Gasteiger partial charge in [-0.2, -0.15) is 0 Å². The van der Waals surface area contributed by atoms with Gasteiger partial charge in [0.15, 0.2) is 0 Å². The Morgan fingerprint density at radius 1 is 1.03 bits per heavy atom. The minimum Gasteiger partial charge on any atom is -0.338 e. The Bertz CT molecular complexity index is 895. The second kappa shape index (κ2) is 8.74. The van der Waals surface area contributed by atoms with E-state index in [1.54, 1.807) is 10.6 Å². The van der Waals surface area contributed by atoms with Gasteiger partial charge in [0.2, 0.25) is 5.56 Å². The molecule has 0 N–H and O–H groups in total. The summed E-state index contributed by atoms with van der Waals surface area (Å²) in [5.74, 6) is 0.895. The van der Waals surface area contributed by atoms with Crippen LogP contribution in [0.2, 0.25) is 0 Å². The summed E-state index contributed by atoms with van der Waals surface area (Å²) >= 11 is 0. The number of hydrogen-bond acceptors (Lipinski definition) is 3. The normalized spacial score (nSPS) is 18.1. The number of anilines is 2. The summed E-state index contributed by atoms with van der Waals surface area (Å²) in [5, 5.41) is 0. The van der Waals surface area contributed by atoms with Crippen molar-refractivity contribution in [1.29, 1.82) is 0 Å². The predicted octanol–water partition coefficient (Wildman–Crippen LogP) is 4.87. The van der Waals surface area contributed by atoms with Crippen LogP contribution in [0.25, 0.3) is 0 Å². The van der Waals surface area contributed by atoms with Gasteiger partial charge in [-0.3, -0.25) is 9.69 Å². The van der Waals surface area contributed by atoms with Crippen molar-refractivity contribution in [2.24, 2.45) is 13.0 Å². The number of aryl methyl sites for hydroxylation is 1. The maximum Gasteiger partial charge on any atom is 0.250 e. The highest BCUT2D eigenvalue weighted by Crippen LogP contribution is 2.32. The molecular weight excluding hydrogens is 358 g/mol. The van der Waals surface area contributed by atoms with E-state index in [0.717, 1.165) is 24.6 Å². The predicted molar refractivity (Wildman–Crippen MR) is 121 cm³/mol. The minimum absolute atomic E-state index is 0.0289. The van der Waals surface area contributed by atoms with E-state index < -0.39 is 0 Å². The Balaban J connectivity index is 1.56. The lowest BCUT2D eigenvalue weighted by molar-refractivity contribution is 0.187. The molecule has 4 rings (SSSR count). The number of benzene rings is 1. The molecule has 1 aromatic heterocycles. The summed E-state index contributed by atoms with van der Waals surface area (Å²) in [6, 6.07) is 10.9. The van der Waals surface area contributed by atoms with Crippen LogP contribution < -0.4 is 10.5 Å². The molecule has 0 unspecified atom stereocenters. The van der Waals surface area contributed by atoms with Crippen LogP contribution in [0.15, 0.2) is 41.3 Å². The molecule has 156 valence electrons. The smallest absolute Gasteiger partial charge is 0.250 e. The van der Waals surface area contributed by atoms with E-state index in [0.29, 0.717) is 6.04 Å². The van der Waals surface area contributed by atoms with Crippen LogP contribution in [-0.2, 0) is 20.0 Å². The van der Waals surface area contributed by atoms with Gasteiger partial charge in [0.05, 0.1) is 5.69 Å². The molecule has 1 saturated carbocycles. The van der Waals surface area contributed by atoms with Crippen molar-refractivity contribution in [2.75, 3.05) is 18.0 Å². The standard InChI is InChI=1S/C25H35N3O/c1-19(2)28(24-11-12-25(29)26(3)18-24)23-10-9-21-13-14-27(17-22(21)15-23)16-20-7-5-4-6-8-20/h9-12,15,18-20H,4-8,13-14,16-17H2,1-3H3. The van der Waals surface area contributed by atoms with Crippen LogP contribution in [0, 0.1) is 5.92 Å². The van der Waals surface area contributed by atoms with Crippen LogP contribution in [0.3, 0.4) is 0 Å². The Kier molecular flexibility index (Phi) is 6.09. The van der Waals surface area contributed by atoms with Crippen molar-refractivity contribution in [1.82, 2.24) is 9.47 Å². The maximum atomic E-state index is 11.8. The van der Waals surface area contributed by atoms with Crippen molar-refractivity contribution in [3.8, 4) is 0 Å². The van der Waals surface area contributed by atoms with Crippen molar-refractivity contribution < 1.29 is 0 Å². The fraction of sp³-hybridized carbons (Fsp3) is 0.560. The molecule has 0 amide bonds. The van der Waals surface area contributed by atoms with Gasteiger partial charge in [0.25, 0.3) is 0 Å². The zero-order chi connectivity index (χ0) is 20.4. The van der Waals surface area contributed by atoms with E-state index in [4.69, 9.17) is 0 Å². The molecule has 0 saturated heterocycles. The Morgan fingerprint density at radius 3 is 2.52 bits per heavy atom. The van der Waals surface area contributed by atoms with Crippen molar-refractivity contribution in [2.45, 2.75) is 65.0 Å². The summed E-state index contributed by atoms with van der Waals surface area (Å²) in [4.78, 5) is 16.8. The molecule has 29 heavy (non-hydrogen) atoms. The average molecular weight is 394 g/mol. The highest BCUT2D eigenvalue weighted by atomic mass is 16.1. The quantitative estimate of drug-likeness (QED) is 0.725. The number of nitrogens with zero attached hydrogens (tertiary/aromatic N) is 3. The molecule has 0 radical (unpaired) electrons. The van der Waals surface area contributed by atoms with Crippen LogP contribution in [0.5, 0.6) is 0 Å². The molecule has 0 bridgehead atoms. The number of pyridine rings is 1. The Morgan fingerprint density at radius 2 is 1.79 bits per heavy atom. The first-order valence-corrected chi connectivity index (χ1v) is 11.3. The van der Waals surface area contributed by atoms with Gasteiger partial charge >= 0.3 is 0 Å². The molecule has 1 fully saturated rings. The topological polar surface area (TPSA) is 28.5 Å². The SMILES string of the molecule is CC(C)N(c1ccc2c(c1)CN(CC1CCCCC1)CC2)c1ccc(=O)n(C)c1. The fourth-order valence-corrected chi connectivity index (χ4v) is 5.11. The third-order valence-corrected chi connectivity index (χ3v) is 6.67. The third-order valence-electron chi connectivity index (χ3n) is 6.67. The van der Waals surface area contributed by atoms with E-state index in [-0.39, 0.29) is 5.56 Å². The molecule has 2 heterocycles. The van der Waals surface area contributed by atoms with Gasteiger partial charge in [-0.15, -0.1) is 0 Å². The lowest BCUT2D eigenvalue weighted by Crippen LogP contribution is -2.35. The second-order valence-corrected chi connectivity index (χ2v) is 9.24. The van der Waals surface area contributed by atoms with E-state index in [1.165, 1.54) is 62.0 Å². The molecule has 4 nitrogen and oxygen atoms in total. The number of aromatic nitrogens is 1. The van der Waals surface area contributed by atoms with E-state index in [9.17, 15) is 4.79 Å². The summed E-state index contributed by atoms with van der Waals surface area (Å²) in [6.07, 6.45) is 10.2. The molecule has 0 spiro atoms. The first-order chi connectivity index (χ1) is 14.0. The summed E-state index contributed by atoms with van der Waals surface area (Å²) in [5.41, 5.74) is 5.29. The van der Waals surface area contributed by atoms with Gasteiger partial charge in [0.1, 0.15) is 0 Å². The lowest BCUT2D eigenvalue weighted by Gasteiger charge is -2.35. The van der Waals surface area contributed by atoms with Crippen LogP contribution >= 0.6 is 0 Å². The highest BCUT2D eigenvalue weighted by molar-refractivity contribution is 5.64. The monoisotopic (exact) mass is 393 g/mol. The number of rotatable bonds is 5. The third kappa shape index (κ3) is 4.58. The average Bonchev–Trinajstić information content (AvgIpc) is 2.71. The van der Waals surface area contributed by atoms with E-state index in [2.05, 4.69) is 41.8 Å². The second-order valence-electron chi connectivity index (χ2n) is 9.24. The van der Waals surface area contributed by atoms with Crippen molar-refractivity contribution >= 4 is 11.4 Å². The molecule has 1 aromatic carbocycles. The lowest BCUT2D eigenvalue weighted by atomic mass is 9.88. The van der Waals surface area contributed by atoms with Crippen molar-refractivity contribution in [3.05, 3.63) is 58.0 Å². The van der Waals surface area contributed by atoms with Crippen LogP contribution in [0.1, 0.15) is 57.1 Å². The maximum absolute atomic E-state index is 11.8. The molecule has 4 heteroatoms. The summed E-state index contributed by atoms with van der Waals surface area (Å²) in [6.45, 7) is 7.94. The summed E-state index contributed by atoms with van der Waals surface area (Å²) in [7, 11) is 1.82. The molecule has 2 aliphatic rings. The highest BCUT2D eigenvalue weighted by Gasteiger charge is 2.23. The van der Waals surface area contributed by atoms with E-state index >= 15 is 0 Å². The molecular formula is C25H35N3O. The van der Waals surface area contributed by atoms with Gasteiger partial charge < -0.3 is 9.47 Å². The molecule has 0 atom stereocenters. The first kappa shape index (κ1) is 20.2. The van der Waals surface area contributed by atoms with Crippen molar-refractivity contribution in [3.63, 3.8) is 0 Å². The van der Waals surface area contributed by atoms with Gasteiger partial charge in [-0.05, 0) is 68.4 Å². The fourth-order valence-electron chi connectivity index (χ4n) is 5.11. The van der Waals surface area contributed by atoms with Crippen LogP contribution in [-0.4, -0.2) is 28.6 Å². The number of hydrogen-bond donors (Lipinski definition) is 0. The van der Waals surface area contributed by atoms with Crippen LogP contribution in [0.4, 0.5) is 11.4 Å². The minimum atomic E-state index is 0.0289. The van der Waals surface area contributed by atoms with E-state index in [1.807, 2.05) is 19.3 Å². The molecule has 1 aliphatic carbocycles. The molecule has 2 aromatic rings. The number of fused-ring (bicyclic) bond motifs is 1. The first-order valence-electron chi connectivity index (χ1n) is 11.3. The zero-order valence-electron chi connectivity index (χ0n) is 18.2. The zero-order valence-corrected chi connectivity index (χ0v) is 18.2.